The number of aromatic nitrogens is 1. The third-order valence-electron chi connectivity index (χ3n) is 2.16. The van der Waals surface area contributed by atoms with E-state index in [4.69, 9.17) is 10.8 Å². The van der Waals surface area contributed by atoms with Crippen molar-refractivity contribution in [2.45, 2.75) is 6.04 Å². The first kappa shape index (κ1) is 11.7. The first-order valence-electron chi connectivity index (χ1n) is 4.78. The lowest BCUT2D eigenvalue weighted by molar-refractivity contribution is 0.268. The summed E-state index contributed by atoms with van der Waals surface area (Å²) in [4.78, 5) is 4.41. The first-order valence-corrected chi connectivity index (χ1v) is 6.46. The van der Waals surface area contributed by atoms with E-state index in [2.05, 4.69) is 20.9 Å². The molecule has 1 unspecified atom stereocenters. The van der Waals surface area contributed by atoms with Gasteiger partial charge in [0.25, 0.3) is 0 Å². The Balaban J connectivity index is 2.31. The molecule has 0 fully saturated rings. The second-order valence-electron chi connectivity index (χ2n) is 3.37. The summed E-state index contributed by atoms with van der Waals surface area (Å²) in [5, 5.41) is 11.7. The van der Waals surface area contributed by atoms with Crippen LogP contribution in [-0.4, -0.2) is 16.7 Å². The van der Waals surface area contributed by atoms with E-state index >= 15 is 0 Å². The van der Waals surface area contributed by atoms with Crippen molar-refractivity contribution in [1.29, 1.82) is 0 Å². The molecule has 1 atom stereocenters. The molecule has 1 aromatic heterocycles. The van der Waals surface area contributed by atoms with Crippen LogP contribution in [0.1, 0.15) is 11.0 Å². The molecule has 0 aliphatic rings. The van der Waals surface area contributed by atoms with Crippen molar-refractivity contribution in [3.05, 3.63) is 39.1 Å². The normalized spacial score (nSPS) is 12.7. The standard InChI is InChI=1S/C11H11BrN2OS/c12-8-3-1-2-7(4-8)10-6-16-11(14-10)9(13)5-15/h1-4,6,9,15H,5,13H2. The van der Waals surface area contributed by atoms with Crippen molar-refractivity contribution in [1.82, 2.24) is 4.98 Å². The molecule has 0 amide bonds. The van der Waals surface area contributed by atoms with Crippen molar-refractivity contribution in [3.8, 4) is 11.3 Å². The fourth-order valence-corrected chi connectivity index (χ4v) is 2.54. The molecule has 84 valence electrons. The van der Waals surface area contributed by atoms with Gasteiger partial charge in [-0.15, -0.1) is 11.3 Å². The van der Waals surface area contributed by atoms with Crippen LogP contribution in [-0.2, 0) is 0 Å². The molecule has 0 spiro atoms. The highest BCUT2D eigenvalue weighted by Crippen LogP contribution is 2.26. The predicted molar refractivity (Wildman–Crippen MR) is 69.3 cm³/mol. The largest absolute Gasteiger partial charge is 0.394 e. The fraction of sp³-hybridized carbons (Fsp3) is 0.182. The molecule has 1 aromatic carbocycles. The van der Waals surface area contributed by atoms with E-state index in [1.54, 1.807) is 0 Å². The molecule has 5 heteroatoms. The highest BCUT2D eigenvalue weighted by atomic mass is 79.9. The van der Waals surface area contributed by atoms with Crippen molar-refractivity contribution < 1.29 is 5.11 Å². The number of nitrogens with two attached hydrogens (primary N) is 1. The summed E-state index contributed by atoms with van der Waals surface area (Å²) in [6.07, 6.45) is 0. The van der Waals surface area contributed by atoms with Gasteiger partial charge in [-0.2, -0.15) is 0 Å². The van der Waals surface area contributed by atoms with Gasteiger partial charge in [0.15, 0.2) is 0 Å². The van der Waals surface area contributed by atoms with Crippen molar-refractivity contribution in [2.24, 2.45) is 5.73 Å². The number of hydrogen-bond acceptors (Lipinski definition) is 4. The topological polar surface area (TPSA) is 59.1 Å². The summed E-state index contributed by atoms with van der Waals surface area (Å²) in [5.41, 5.74) is 7.64. The van der Waals surface area contributed by atoms with Crippen molar-refractivity contribution >= 4 is 27.3 Å². The van der Waals surface area contributed by atoms with Crippen LogP contribution in [0.15, 0.2) is 34.1 Å². The fourth-order valence-electron chi connectivity index (χ4n) is 1.32. The summed E-state index contributed by atoms with van der Waals surface area (Å²) in [6.45, 7) is -0.0779. The van der Waals surface area contributed by atoms with Crippen molar-refractivity contribution in [2.75, 3.05) is 6.61 Å². The maximum Gasteiger partial charge on any atom is 0.112 e. The molecule has 0 bridgehead atoms. The Kier molecular flexibility index (Phi) is 3.70. The molecule has 0 saturated carbocycles. The van der Waals surface area contributed by atoms with Crippen LogP contribution in [0, 0.1) is 0 Å². The number of halogens is 1. The van der Waals surface area contributed by atoms with Crippen LogP contribution >= 0.6 is 27.3 Å². The highest BCUT2D eigenvalue weighted by molar-refractivity contribution is 9.10. The molecule has 0 aliphatic heterocycles. The number of nitrogens with zero attached hydrogens (tertiary/aromatic N) is 1. The number of aliphatic hydroxyl groups is 1. The lowest BCUT2D eigenvalue weighted by atomic mass is 10.2. The monoisotopic (exact) mass is 298 g/mol. The van der Waals surface area contributed by atoms with Gasteiger partial charge in [-0.3, -0.25) is 0 Å². The van der Waals surface area contributed by atoms with Gasteiger partial charge in [-0.05, 0) is 12.1 Å². The number of benzene rings is 1. The van der Waals surface area contributed by atoms with E-state index in [0.29, 0.717) is 0 Å². The van der Waals surface area contributed by atoms with Gasteiger partial charge in [0.2, 0.25) is 0 Å². The van der Waals surface area contributed by atoms with Crippen LogP contribution in [0.5, 0.6) is 0 Å². The molecule has 3 nitrogen and oxygen atoms in total. The molecular formula is C11H11BrN2OS. The summed E-state index contributed by atoms with van der Waals surface area (Å²) in [7, 11) is 0. The summed E-state index contributed by atoms with van der Waals surface area (Å²) in [5.74, 6) is 0. The maximum atomic E-state index is 8.95. The van der Waals surface area contributed by atoms with E-state index in [0.717, 1.165) is 20.7 Å². The third-order valence-corrected chi connectivity index (χ3v) is 3.63. The zero-order valence-corrected chi connectivity index (χ0v) is 10.8. The molecule has 0 aliphatic carbocycles. The lowest BCUT2D eigenvalue weighted by Crippen LogP contribution is -2.13. The van der Waals surface area contributed by atoms with Gasteiger partial charge in [0.05, 0.1) is 18.3 Å². The quantitative estimate of drug-likeness (QED) is 0.915. The molecular weight excluding hydrogens is 288 g/mol. The SMILES string of the molecule is NC(CO)c1nc(-c2cccc(Br)c2)cs1. The van der Waals surface area contributed by atoms with E-state index < -0.39 is 0 Å². The van der Waals surface area contributed by atoms with Gasteiger partial charge in [0, 0.05) is 15.4 Å². The minimum atomic E-state index is -0.383. The van der Waals surface area contributed by atoms with Crippen LogP contribution in [0.4, 0.5) is 0 Å². The first-order chi connectivity index (χ1) is 7.70. The molecule has 0 radical (unpaired) electrons. The van der Waals surface area contributed by atoms with Crippen LogP contribution in [0.25, 0.3) is 11.3 Å². The van der Waals surface area contributed by atoms with Gasteiger partial charge in [-0.25, -0.2) is 4.98 Å². The minimum absolute atomic E-state index is 0.0779. The highest BCUT2D eigenvalue weighted by Gasteiger charge is 2.10. The molecule has 3 N–H and O–H groups in total. The maximum absolute atomic E-state index is 8.95. The Hall–Kier alpha value is -0.750. The Morgan fingerprint density at radius 2 is 2.31 bits per heavy atom. The van der Waals surface area contributed by atoms with Gasteiger partial charge in [-0.1, -0.05) is 28.1 Å². The van der Waals surface area contributed by atoms with Crippen molar-refractivity contribution in [3.63, 3.8) is 0 Å². The van der Waals surface area contributed by atoms with Crippen LogP contribution in [0.2, 0.25) is 0 Å². The Bertz CT molecular complexity index is 486. The zero-order chi connectivity index (χ0) is 11.5. The molecule has 0 saturated heterocycles. The number of rotatable bonds is 3. The zero-order valence-electron chi connectivity index (χ0n) is 8.43. The van der Waals surface area contributed by atoms with E-state index in [1.807, 2.05) is 29.6 Å². The summed E-state index contributed by atoms with van der Waals surface area (Å²) >= 11 is 4.89. The minimum Gasteiger partial charge on any atom is -0.394 e. The summed E-state index contributed by atoms with van der Waals surface area (Å²) < 4.78 is 1.02. The summed E-state index contributed by atoms with van der Waals surface area (Å²) in [6, 6.07) is 7.55. The molecule has 2 aromatic rings. The number of hydrogen-bond donors (Lipinski definition) is 2. The molecule has 1 heterocycles. The molecule has 2 rings (SSSR count). The second-order valence-corrected chi connectivity index (χ2v) is 5.18. The average Bonchev–Trinajstić information content (AvgIpc) is 2.77. The predicted octanol–water partition coefficient (Wildman–Crippen LogP) is 2.56. The third kappa shape index (κ3) is 2.49. The van der Waals surface area contributed by atoms with Gasteiger partial charge >= 0.3 is 0 Å². The Labute approximate surface area is 106 Å². The average molecular weight is 299 g/mol. The molecule has 16 heavy (non-hydrogen) atoms. The number of aliphatic hydroxyl groups excluding tert-OH is 1. The van der Waals surface area contributed by atoms with E-state index in [1.165, 1.54) is 11.3 Å². The van der Waals surface area contributed by atoms with E-state index in [9.17, 15) is 0 Å². The van der Waals surface area contributed by atoms with Crippen LogP contribution < -0.4 is 5.73 Å². The van der Waals surface area contributed by atoms with Gasteiger partial charge in [0.1, 0.15) is 5.01 Å². The second kappa shape index (κ2) is 5.05. The lowest BCUT2D eigenvalue weighted by Gasteiger charge is -2.02. The van der Waals surface area contributed by atoms with Gasteiger partial charge < -0.3 is 10.8 Å². The smallest absolute Gasteiger partial charge is 0.112 e. The van der Waals surface area contributed by atoms with E-state index in [-0.39, 0.29) is 12.6 Å². The Morgan fingerprint density at radius 3 is 3.00 bits per heavy atom. The number of thiazole rings is 1. The van der Waals surface area contributed by atoms with Crippen LogP contribution in [0.3, 0.4) is 0 Å². The Morgan fingerprint density at radius 1 is 1.50 bits per heavy atom.